The SMILES string of the molecule is COCCNC(=O)c1ccc(NC(=O)C=Cc2cccc(F)c2)cc1Cl. The van der Waals surface area contributed by atoms with E-state index < -0.39 is 5.91 Å². The molecule has 0 heterocycles. The van der Waals surface area contributed by atoms with Crippen molar-refractivity contribution in [2.24, 2.45) is 0 Å². The Kier molecular flexibility index (Phi) is 7.32. The zero-order valence-corrected chi connectivity index (χ0v) is 14.8. The molecule has 0 saturated heterocycles. The molecular formula is C19H18ClFN2O3. The summed E-state index contributed by atoms with van der Waals surface area (Å²) in [5, 5.41) is 5.51. The molecule has 0 aliphatic rings. The zero-order valence-electron chi connectivity index (χ0n) is 14.1. The first-order valence-corrected chi connectivity index (χ1v) is 8.18. The Bertz CT molecular complexity index is 824. The van der Waals surface area contributed by atoms with Gasteiger partial charge in [0.1, 0.15) is 5.82 Å². The van der Waals surface area contributed by atoms with E-state index in [4.69, 9.17) is 16.3 Å². The highest BCUT2D eigenvalue weighted by atomic mass is 35.5. The Balaban J connectivity index is 1.98. The molecular weight excluding hydrogens is 359 g/mol. The van der Waals surface area contributed by atoms with Crippen LogP contribution in [0.1, 0.15) is 15.9 Å². The summed E-state index contributed by atoms with van der Waals surface area (Å²) in [5.74, 6) is -1.10. The lowest BCUT2D eigenvalue weighted by molar-refractivity contribution is -0.111. The Morgan fingerprint density at radius 1 is 1.23 bits per heavy atom. The standard InChI is InChI=1S/C19H18ClFN2O3/c1-26-10-9-22-19(25)16-7-6-15(12-17(16)20)23-18(24)8-5-13-3-2-4-14(21)11-13/h2-8,11-12H,9-10H2,1H3,(H,22,25)(H,23,24). The topological polar surface area (TPSA) is 67.4 Å². The molecule has 0 radical (unpaired) electrons. The number of methoxy groups -OCH3 is 1. The molecule has 2 amide bonds. The number of carbonyl (C=O) groups is 2. The Morgan fingerprint density at radius 2 is 2.04 bits per heavy atom. The number of halogens is 2. The quantitative estimate of drug-likeness (QED) is 0.574. The summed E-state index contributed by atoms with van der Waals surface area (Å²) < 4.78 is 18.0. The maximum absolute atomic E-state index is 13.1. The third-order valence-corrected chi connectivity index (χ3v) is 3.66. The number of anilines is 1. The highest BCUT2D eigenvalue weighted by molar-refractivity contribution is 6.34. The normalized spacial score (nSPS) is 10.7. The minimum Gasteiger partial charge on any atom is -0.383 e. The number of rotatable bonds is 7. The van der Waals surface area contributed by atoms with E-state index >= 15 is 0 Å². The number of ether oxygens (including phenoxy) is 1. The summed E-state index contributed by atoms with van der Waals surface area (Å²) in [6, 6.07) is 10.5. The first kappa shape index (κ1) is 19.6. The van der Waals surface area contributed by atoms with Gasteiger partial charge in [0.2, 0.25) is 5.91 Å². The monoisotopic (exact) mass is 376 g/mol. The van der Waals surface area contributed by atoms with E-state index in [1.807, 2.05) is 0 Å². The van der Waals surface area contributed by atoms with E-state index in [2.05, 4.69) is 10.6 Å². The maximum atomic E-state index is 13.1. The van der Waals surface area contributed by atoms with Gasteiger partial charge in [-0.05, 0) is 42.0 Å². The summed E-state index contributed by atoms with van der Waals surface area (Å²) >= 11 is 6.11. The molecule has 0 atom stereocenters. The summed E-state index contributed by atoms with van der Waals surface area (Å²) in [6.07, 6.45) is 2.78. The van der Waals surface area contributed by atoms with Crippen LogP contribution in [-0.2, 0) is 9.53 Å². The Labute approximate surface area is 155 Å². The fourth-order valence-corrected chi connectivity index (χ4v) is 2.37. The van der Waals surface area contributed by atoms with E-state index in [9.17, 15) is 14.0 Å². The number of amides is 2. The van der Waals surface area contributed by atoms with Gasteiger partial charge in [0.05, 0.1) is 17.2 Å². The molecule has 0 fully saturated rings. The van der Waals surface area contributed by atoms with Crippen molar-refractivity contribution in [3.05, 3.63) is 70.5 Å². The van der Waals surface area contributed by atoms with Crippen LogP contribution in [0.3, 0.4) is 0 Å². The molecule has 2 N–H and O–H groups in total. The van der Waals surface area contributed by atoms with Gasteiger partial charge in [-0.3, -0.25) is 9.59 Å². The van der Waals surface area contributed by atoms with Crippen LogP contribution in [0.5, 0.6) is 0 Å². The minimum absolute atomic E-state index is 0.215. The van der Waals surface area contributed by atoms with Gasteiger partial charge in [-0.2, -0.15) is 0 Å². The van der Waals surface area contributed by atoms with Crippen molar-refractivity contribution in [1.82, 2.24) is 5.32 Å². The largest absolute Gasteiger partial charge is 0.383 e. The van der Waals surface area contributed by atoms with E-state index in [1.165, 1.54) is 36.4 Å². The summed E-state index contributed by atoms with van der Waals surface area (Å²) in [7, 11) is 1.54. The fourth-order valence-electron chi connectivity index (χ4n) is 2.10. The van der Waals surface area contributed by atoms with Crippen LogP contribution in [0.25, 0.3) is 6.08 Å². The van der Waals surface area contributed by atoms with Gasteiger partial charge in [0, 0.05) is 25.4 Å². The van der Waals surface area contributed by atoms with Crippen LogP contribution in [0.4, 0.5) is 10.1 Å². The number of carbonyl (C=O) groups excluding carboxylic acids is 2. The first-order valence-electron chi connectivity index (χ1n) is 7.81. The van der Waals surface area contributed by atoms with Crippen LogP contribution in [0.15, 0.2) is 48.5 Å². The van der Waals surface area contributed by atoms with Crippen molar-refractivity contribution in [3.63, 3.8) is 0 Å². The van der Waals surface area contributed by atoms with Crippen molar-refractivity contribution in [2.45, 2.75) is 0 Å². The van der Waals surface area contributed by atoms with Crippen LogP contribution >= 0.6 is 11.6 Å². The molecule has 0 aliphatic carbocycles. The van der Waals surface area contributed by atoms with Crippen molar-refractivity contribution in [3.8, 4) is 0 Å². The molecule has 0 saturated carbocycles. The van der Waals surface area contributed by atoms with Crippen molar-refractivity contribution < 1.29 is 18.7 Å². The van der Waals surface area contributed by atoms with E-state index in [1.54, 1.807) is 25.3 Å². The number of hydrogen-bond donors (Lipinski definition) is 2. The summed E-state index contributed by atoms with van der Waals surface area (Å²) in [5.41, 5.74) is 1.31. The van der Waals surface area contributed by atoms with Crippen molar-refractivity contribution in [2.75, 3.05) is 25.6 Å². The second-order valence-electron chi connectivity index (χ2n) is 5.32. The predicted molar refractivity (Wildman–Crippen MR) is 99.7 cm³/mol. The molecule has 2 aromatic carbocycles. The molecule has 5 nitrogen and oxygen atoms in total. The van der Waals surface area contributed by atoms with Crippen LogP contribution in [-0.4, -0.2) is 32.1 Å². The molecule has 0 aliphatic heterocycles. The van der Waals surface area contributed by atoms with Crippen LogP contribution < -0.4 is 10.6 Å². The maximum Gasteiger partial charge on any atom is 0.252 e. The van der Waals surface area contributed by atoms with Gasteiger partial charge in [0.25, 0.3) is 5.91 Å². The van der Waals surface area contributed by atoms with Crippen molar-refractivity contribution in [1.29, 1.82) is 0 Å². The van der Waals surface area contributed by atoms with Gasteiger partial charge < -0.3 is 15.4 Å². The molecule has 2 aromatic rings. The average Bonchev–Trinajstić information content (AvgIpc) is 2.60. The molecule has 136 valence electrons. The van der Waals surface area contributed by atoms with Gasteiger partial charge >= 0.3 is 0 Å². The number of benzene rings is 2. The molecule has 26 heavy (non-hydrogen) atoms. The van der Waals surface area contributed by atoms with Crippen LogP contribution in [0, 0.1) is 5.82 Å². The van der Waals surface area contributed by atoms with Gasteiger partial charge in [-0.15, -0.1) is 0 Å². The molecule has 2 rings (SSSR count). The number of hydrogen-bond acceptors (Lipinski definition) is 3. The average molecular weight is 377 g/mol. The molecule has 0 bridgehead atoms. The van der Waals surface area contributed by atoms with Crippen LogP contribution in [0.2, 0.25) is 5.02 Å². The molecule has 0 aromatic heterocycles. The minimum atomic E-state index is -0.400. The third kappa shape index (κ3) is 5.98. The highest BCUT2D eigenvalue weighted by Gasteiger charge is 2.11. The van der Waals surface area contributed by atoms with Gasteiger partial charge in [-0.1, -0.05) is 23.7 Å². The van der Waals surface area contributed by atoms with Gasteiger partial charge in [0.15, 0.2) is 0 Å². The lowest BCUT2D eigenvalue weighted by Crippen LogP contribution is -2.27. The molecule has 0 unspecified atom stereocenters. The smallest absolute Gasteiger partial charge is 0.252 e. The number of nitrogens with one attached hydrogen (secondary N) is 2. The molecule has 7 heteroatoms. The molecule has 0 spiro atoms. The zero-order chi connectivity index (χ0) is 18.9. The third-order valence-electron chi connectivity index (χ3n) is 3.35. The first-order chi connectivity index (χ1) is 12.5. The second kappa shape index (κ2) is 9.70. The summed E-state index contributed by atoms with van der Waals surface area (Å²) in [6.45, 7) is 0.768. The lowest BCUT2D eigenvalue weighted by Gasteiger charge is -2.08. The summed E-state index contributed by atoms with van der Waals surface area (Å²) in [4.78, 5) is 23.9. The lowest BCUT2D eigenvalue weighted by atomic mass is 10.2. The van der Waals surface area contributed by atoms with E-state index in [-0.39, 0.29) is 16.7 Å². The Hall–Kier alpha value is -2.70. The predicted octanol–water partition coefficient (Wildman–Crippen LogP) is 3.51. The fraction of sp³-hybridized carbons (Fsp3) is 0.158. The van der Waals surface area contributed by atoms with E-state index in [0.717, 1.165) is 0 Å². The van der Waals surface area contributed by atoms with Crippen molar-refractivity contribution >= 4 is 35.2 Å². The van der Waals surface area contributed by atoms with Gasteiger partial charge in [-0.25, -0.2) is 4.39 Å². The highest BCUT2D eigenvalue weighted by Crippen LogP contribution is 2.21. The Morgan fingerprint density at radius 3 is 2.73 bits per heavy atom. The second-order valence-corrected chi connectivity index (χ2v) is 5.73. The van der Waals surface area contributed by atoms with E-state index in [0.29, 0.717) is 30.0 Å².